The summed E-state index contributed by atoms with van der Waals surface area (Å²) in [4.78, 5) is 14.5. The molecule has 0 saturated carbocycles. The number of rotatable bonds is 7. The van der Waals surface area contributed by atoms with Crippen LogP contribution in [0.15, 0.2) is 84.9 Å². The molecule has 32 heavy (non-hydrogen) atoms. The lowest BCUT2D eigenvalue weighted by molar-refractivity contribution is -0.127. The molecule has 162 valence electrons. The highest BCUT2D eigenvalue weighted by Crippen LogP contribution is 2.36. The lowest BCUT2D eigenvalue weighted by Gasteiger charge is -2.13. The Balaban J connectivity index is 1.97. The first-order valence-corrected chi connectivity index (χ1v) is 11.1. The Labute approximate surface area is 190 Å². The van der Waals surface area contributed by atoms with Gasteiger partial charge in [0.1, 0.15) is 0 Å². The number of hydrogen-bond acceptors (Lipinski definition) is 2. The van der Waals surface area contributed by atoms with Crippen molar-refractivity contribution in [2.75, 3.05) is 14.1 Å². The average molecular weight is 424 g/mol. The maximum absolute atomic E-state index is 12.8. The van der Waals surface area contributed by atoms with Crippen molar-refractivity contribution in [2.24, 2.45) is 0 Å². The predicted octanol–water partition coefficient (Wildman–Crippen LogP) is 5.79. The molecule has 4 heteroatoms. The van der Waals surface area contributed by atoms with Crippen LogP contribution >= 0.6 is 0 Å². The van der Waals surface area contributed by atoms with Crippen LogP contribution in [0.4, 0.5) is 0 Å². The molecule has 0 fully saturated rings. The summed E-state index contributed by atoms with van der Waals surface area (Å²) < 4.78 is 2.03. The molecule has 0 spiro atoms. The van der Waals surface area contributed by atoms with Crippen LogP contribution in [-0.2, 0) is 17.6 Å². The molecule has 4 aromatic rings. The zero-order chi connectivity index (χ0) is 22.5. The van der Waals surface area contributed by atoms with Gasteiger partial charge in [-0.3, -0.25) is 4.79 Å². The third-order valence-corrected chi connectivity index (χ3v) is 5.67. The fourth-order valence-corrected chi connectivity index (χ4v) is 4.03. The summed E-state index contributed by atoms with van der Waals surface area (Å²) in [7, 11) is 3.61. The van der Waals surface area contributed by atoms with Gasteiger partial charge in [-0.25, -0.2) is 4.68 Å². The highest BCUT2D eigenvalue weighted by molar-refractivity contribution is 5.87. The topological polar surface area (TPSA) is 38.1 Å². The van der Waals surface area contributed by atoms with E-state index in [9.17, 15) is 4.79 Å². The number of aromatic nitrogens is 2. The van der Waals surface area contributed by atoms with Crippen LogP contribution in [0.3, 0.4) is 0 Å². The van der Waals surface area contributed by atoms with Gasteiger partial charge in [-0.1, -0.05) is 86.1 Å². The zero-order valence-electron chi connectivity index (χ0n) is 19.0. The van der Waals surface area contributed by atoms with E-state index in [2.05, 4.69) is 49.4 Å². The van der Waals surface area contributed by atoms with E-state index in [-0.39, 0.29) is 5.91 Å². The van der Waals surface area contributed by atoms with Crippen LogP contribution in [0.5, 0.6) is 0 Å². The molecule has 3 aromatic carbocycles. The molecule has 1 aromatic heterocycles. The Morgan fingerprint density at radius 3 is 2.06 bits per heavy atom. The number of benzene rings is 3. The monoisotopic (exact) mass is 423 g/mol. The second-order valence-electron chi connectivity index (χ2n) is 8.15. The number of nitrogens with zero attached hydrogens (tertiary/aromatic N) is 3. The van der Waals surface area contributed by atoms with Crippen LogP contribution in [-0.4, -0.2) is 34.7 Å². The first-order chi connectivity index (χ1) is 15.6. The molecule has 4 nitrogen and oxygen atoms in total. The summed E-state index contributed by atoms with van der Waals surface area (Å²) in [5.41, 5.74) is 7.31. The van der Waals surface area contributed by atoms with Crippen LogP contribution in [0, 0.1) is 0 Å². The van der Waals surface area contributed by atoms with Gasteiger partial charge in [-0.15, -0.1) is 0 Å². The van der Waals surface area contributed by atoms with Crippen molar-refractivity contribution in [3.63, 3.8) is 0 Å². The third kappa shape index (κ3) is 4.35. The van der Waals surface area contributed by atoms with Crippen LogP contribution in [0.2, 0.25) is 0 Å². The third-order valence-electron chi connectivity index (χ3n) is 5.67. The number of carbonyl (C=O) groups excluding carboxylic acids is 1. The van der Waals surface area contributed by atoms with Gasteiger partial charge in [0.2, 0.25) is 5.91 Å². The minimum atomic E-state index is 0.0772. The Morgan fingerprint density at radius 2 is 1.44 bits per heavy atom. The van der Waals surface area contributed by atoms with Crippen molar-refractivity contribution in [1.82, 2.24) is 14.7 Å². The quantitative estimate of drug-likeness (QED) is 0.377. The minimum absolute atomic E-state index is 0.0772. The molecule has 4 rings (SSSR count). The van der Waals surface area contributed by atoms with Crippen LogP contribution in [0.25, 0.3) is 28.1 Å². The van der Waals surface area contributed by atoms with Crippen molar-refractivity contribution in [3.8, 4) is 28.1 Å². The van der Waals surface area contributed by atoms with E-state index >= 15 is 0 Å². The summed E-state index contributed by atoms with van der Waals surface area (Å²) >= 11 is 0. The molecule has 0 unspecified atom stereocenters. The van der Waals surface area contributed by atoms with E-state index in [1.54, 1.807) is 19.0 Å². The molecule has 0 bridgehead atoms. The average Bonchev–Trinajstić information content (AvgIpc) is 3.18. The Bertz CT molecular complexity index is 1190. The second kappa shape index (κ2) is 9.65. The van der Waals surface area contributed by atoms with Gasteiger partial charge in [-0.2, -0.15) is 5.10 Å². The van der Waals surface area contributed by atoms with Gasteiger partial charge < -0.3 is 4.90 Å². The van der Waals surface area contributed by atoms with Gasteiger partial charge in [0.25, 0.3) is 0 Å². The Hall–Kier alpha value is -3.66. The molecule has 1 amide bonds. The molecular weight excluding hydrogens is 394 g/mol. The second-order valence-corrected chi connectivity index (χ2v) is 8.15. The predicted molar refractivity (Wildman–Crippen MR) is 131 cm³/mol. The van der Waals surface area contributed by atoms with Crippen LogP contribution < -0.4 is 0 Å². The number of hydrogen-bond donors (Lipinski definition) is 0. The Morgan fingerprint density at radius 1 is 0.844 bits per heavy atom. The number of likely N-dealkylation sites (N-methyl/N-ethyl adjacent to an activating group) is 1. The lowest BCUT2D eigenvalue weighted by atomic mass is 9.93. The largest absolute Gasteiger partial charge is 0.349 e. The smallest absolute Gasteiger partial charge is 0.226 e. The molecule has 0 N–H and O–H groups in total. The Kier molecular flexibility index (Phi) is 6.50. The summed E-state index contributed by atoms with van der Waals surface area (Å²) in [6, 6.07) is 28.9. The maximum atomic E-state index is 12.8. The molecule has 1 heterocycles. The van der Waals surface area contributed by atoms with Crippen molar-refractivity contribution in [2.45, 2.75) is 26.2 Å². The molecule has 0 atom stereocenters. The van der Waals surface area contributed by atoms with E-state index in [1.807, 2.05) is 47.1 Å². The highest BCUT2D eigenvalue weighted by Gasteiger charge is 2.24. The van der Waals surface area contributed by atoms with Crippen molar-refractivity contribution in [3.05, 3.63) is 96.2 Å². The fraction of sp³-hybridized carbons (Fsp3) is 0.214. The first-order valence-electron chi connectivity index (χ1n) is 11.1. The van der Waals surface area contributed by atoms with Gasteiger partial charge in [0, 0.05) is 30.9 Å². The van der Waals surface area contributed by atoms with E-state index in [4.69, 9.17) is 5.10 Å². The van der Waals surface area contributed by atoms with Crippen molar-refractivity contribution >= 4 is 5.91 Å². The molecule has 0 aliphatic carbocycles. The van der Waals surface area contributed by atoms with E-state index in [0.717, 1.165) is 52.2 Å². The van der Waals surface area contributed by atoms with Gasteiger partial charge >= 0.3 is 0 Å². The number of para-hydroxylation sites is 1. The van der Waals surface area contributed by atoms with Gasteiger partial charge in [0.15, 0.2) is 0 Å². The van der Waals surface area contributed by atoms with Gasteiger partial charge in [-0.05, 0) is 29.7 Å². The lowest BCUT2D eigenvalue weighted by Crippen LogP contribution is -2.24. The molecule has 0 saturated heterocycles. The molecule has 0 radical (unpaired) electrons. The van der Waals surface area contributed by atoms with E-state index in [0.29, 0.717) is 6.42 Å². The summed E-state index contributed by atoms with van der Waals surface area (Å²) in [5.74, 6) is 0.0772. The fourth-order valence-electron chi connectivity index (χ4n) is 4.03. The SMILES string of the molecule is CCCc1c(CC(=O)N(C)C)c(-c2ccccc2-c2ccccc2)nn1-c1ccccc1. The standard InChI is InChI=1S/C28H29N3O/c1-4-13-26-25(20-27(32)30(2)3)28(29-31(26)22-16-9-6-10-17-22)24-19-12-11-18-23(24)21-14-7-5-8-15-21/h5-12,14-19H,4,13,20H2,1-3H3. The van der Waals surface area contributed by atoms with Crippen molar-refractivity contribution in [1.29, 1.82) is 0 Å². The van der Waals surface area contributed by atoms with E-state index in [1.165, 1.54) is 0 Å². The van der Waals surface area contributed by atoms with Gasteiger partial charge in [0.05, 0.1) is 17.8 Å². The minimum Gasteiger partial charge on any atom is -0.349 e. The van der Waals surface area contributed by atoms with E-state index < -0.39 is 0 Å². The van der Waals surface area contributed by atoms with Crippen LogP contribution in [0.1, 0.15) is 24.6 Å². The normalized spacial score (nSPS) is 10.8. The molecule has 0 aliphatic rings. The summed E-state index contributed by atoms with van der Waals surface area (Å²) in [6.45, 7) is 2.16. The number of carbonyl (C=O) groups is 1. The first kappa shape index (κ1) is 21.6. The van der Waals surface area contributed by atoms with Crippen molar-refractivity contribution < 1.29 is 4.79 Å². The molecule has 0 aliphatic heterocycles. The summed E-state index contributed by atoms with van der Waals surface area (Å²) in [6.07, 6.45) is 2.15. The highest BCUT2D eigenvalue weighted by atomic mass is 16.2. The number of amides is 1. The summed E-state index contributed by atoms with van der Waals surface area (Å²) in [5, 5.41) is 5.11. The zero-order valence-corrected chi connectivity index (χ0v) is 19.0. The maximum Gasteiger partial charge on any atom is 0.226 e. The molecular formula is C28H29N3O.